The van der Waals surface area contributed by atoms with Gasteiger partial charge in [0.25, 0.3) is 0 Å². The van der Waals surface area contributed by atoms with Crippen molar-refractivity contribution in [3.8, 4) is 5.75 Å². The Morgan fingerprint density at radius 1 is 1.24 bits per heavy atom. The third-order valence-corrected chi connectivity index (χ3v) is 2.63. The zero-order valence-corrected chi connectivity index (χ0v) is 9.18. The van der Waals surface area contributed by atoms with Crippen LogP contribution in [0.2, 0.25) is 0 Å². The van der Waals surface area contributed by atoms with E-state index in [2.05, 4.69) is 5.32 Å². The predicted molar refractivity (Wildman–Crippen MR) is 65.3 cm³/mol. The highest BCUT2D eigenvalue weighted by molar-refractivity contribution is 5.87. The number of amides is 1. The smallest absolute Gasteiger partial charge is 0.404 e. The molecule has 0 unspecified atom stereocenters. The first-order valence-electron chi connectivity index (χ1n) is 5.34. The van der Waals surface area contributed by atoms with Crippen molar-refractivity contribution < 1.29 is 15.0 Å². The minimum absolute atomic E-state index is 0.219. The number of benzene rings is 2. The highest BCUT2D eigenvalue weighted by Crippen LogP contribution is 2.23. The third kappa shape index (κ3) is 2.66. The number of fused-ring (bicyclic) bond motifs is 1. The summed E-state index contributed by atoms with van der Waals surface area (Å²) in [5, 5.41) is 22.3. The molecule has 4 heteroatoms. The third-order valence-electron chi connectivity index (χ3n) is 2.63. The SMILES string of the molecule is O=C(O)NCCc1cccc2ccc(O)cc12. The molecule has 0 aliphatic heterocycles. The average Bonchev–Trinajstić information content (AvgIpc) is 2.29. The lowest BCUT2D eigenvalue weighted by Crippen LogP contribution is -2.23. The molecule has 88 valence electrons. The van der Waals surface area contributed by atoms with Crippen molar-refractivity contribution in [1.82, 2.24) is 5.32 Å². The molecule has 1 amide bonds. The van der Waals surface area contributed by atoms with Crippen LogP contribution in [-0.2, 0) is 6.42 Å². The normalized spacial score (nSPS) is 10.4. The Balaban J connectivity index is 2.27. The standard InChI is InChI=1S/C13H13NO3/c15-11-5-4-9-2-1-3-10(12(9)8-11)6-7-14-13(16)17/h1-5,8,14-15H,6-7H2,(H,16,17). The van der Waals surface area contributed by atoms with Crippen molar-refractivity contribution in [1.29, 1.82) is 0 Å². The van der Waals surface area contributed by atoms with E-state index in [0.29, 0.717) is 13.0 Å². The maximum Gasteiger partial charge on any atom is 0.404 e. The van der Waals surface area contributed by atoms with Gasteiger partial charge in [-0.15, -0.1) is 0 Å². The highest BCUT2D eigenvalue weighted by Gasteiger charge is 2.02. The number of rotatable bonds is 3. The summed E-state index contributed by atoms with van der Waals surface area (Å²) >= 11 is 0. The molecule has 0 heterocycles. The molecule has 0 saturated carbocycles. The molecule has 2 aromatic carbocycles. The molecule has 2 rings (SSSR count). The average molecular weight is 231 g/mol. The highest BCUT2D eigenvalue weighted by atomic mass is 16.4. The van der Waals surface area contributed by atoms with Crippen LogP contribution in [0.1, 0.15) is 5.56 Å². The Bertz CT molecular complexity index is 551. The quantitative estimate of drug-likeness (QED) is 0.759. The first-order chi connectivity index (χ1) is 8.16. The van der Waals surface area contributed by atoms with Crippen molar-refractivity contribution in [3.05, 3.63) is 42.0 Å². The van der Waals surface area contributed by atoms with Gasteiger partial charge in [-0.1, -0.05) is 24.3 Å². The molecule has 0 radical (unpaired) electrons. The number of carboxylic acid groups (broad SMARTS) is 1. The molecule has 17 heavy (non-hydrogen) atoms. The number of phenolic OH excluding ortho intramolecular Hbond substituents is 1. The maximum atomic E-state index is 10.4. The Kier molecular flexibility index (Phi) is 3.14. The molecule has 2 aromatic rings. The topological polar surface area (TPSA) is 69.6 Å². The summed E-state index contributed by atoms with van der Waals surface area (Å²) in [6, 6.07) is 11.0. The van der Waals surface area contributed by atoms with Crippen molar-refractivity contribution in [2.45, 2.75) is 6.42 Å². The van der Waals surface area contributed by atoms with Gasteiger partial charge in [0.15, 0.2) is 0 Å². The molecule has 0 fully saturated rings. The number of nitrogens with one attached hydrogen (secondary N) is 1. The van der Waals surface area contributed by atoms with E-state index in [0.717, 1.165) is 16.3 Å². The van der Waals surface area contributed by atoms with E-state index in [4.69, 9.17) is 5.11 Å². The summed E-state index contributed by atoms with van der Waals surface area (Å²) in [5.74, 6) is 0.219. The van der Waals surface area contributed by atoms with Crippen LogP contribution in [0.5, 0.6) is 5.75 Å². The van der Waals surface area contributed by atoms with Gasteiger partial charge in [-0.25, -0.2) is 4.79 Å². The summed E-state index contributed by atoms with van der Waals surface area (Å²) in [5.41, 5.74) is 1.02. The minimum Gasteiger partial charge on any atom is -0.508 e. The van der Waals surface area contributed by atoms with Crippen LogP contribution < -0.4 is 5.32 Å². The molecule has 0 aliphatic carbocycles. The first kappa shape index (κ1) is 11.3. The van der Waals surface area contributed by atoms with Crippen LogP contribution in [0, 0.1) is 0 Å². The molecule has 4 nitrogen and oxygen atoms in total. The molecular weight excluding hydrogens is 218 g/mol. The first-order valence-corrected chi connectivity index (χ1v) is 5.34. The Labute approximate surface area is 98.5 Å². The van der Waals surface area contributed by atoms with E-state index in [9.17, 15) is 9.90 Å². The zero-order chi connectivity index (χ0) is 12.3. The largest absolute Gasteiger partial charge is 0.508 e. The van der Waals surface area contributed by atoms with E-state index in [1.54, 1.807) is 12.1 Å². The Morgan fingerprint density at radius 2 is 2.06 bits per heavy atom. The second kappa shape index (κ2) is 4.74. The van der Waals surface area contributed by atoms with E-state index < -0.39 is 6.09 Å². The fourth-order valence-corrected chi connectivity index (χ4v) is 1.85. The van der Waals surface area contributed by atoms with E-state index in [1.807, 2.05) is 24.3 Å². The zero-order valence-electron chi connectivity index (χ0n) is 9.18. The van der Waals surface area contributed by atoms with Crippen molar-refractivity contribution >= 4 is 16.9 Å². The molecule has 0 aromatic heterocycles. The van der Waals surface area contributed by atoms with Crippen LogP contribution in [0.4, 0.5) is 4.79 Å². The number of carbonyl (C=O) groups is 1. The molecule has 0 aliphatic rings. The summed E-state index contributed by atoms with van der Waals surface area (Å²) in [4.78, 5) is 10.4. The summed E-state index contributed by atoms with van der Waals surface area (Å²) < 4.78 is 0. The van der Waals surface area contributed by atoms with Crippen LogP contribution in [0.15, 0.2) is 36.4 Å². The molecule has 0 spiro atoms. The van der Waals surface area contributed by atoms with Gasteiger partial charge < -0.3 is 15.5 Å². The van der Waals surface area contributed by atoms with E-state index >= 15 is 0 Å². The van der Waals surface area contributed by atoms with Crippen LogP contribution in [-0.4, -0.2) is 22.9 Å². The van der Waals surface area contributed by atoms with Gasteiger partial charge in [-0.2, -0.15) is 0 Å². The van der Waals surface area contributed by atoms with Gasteiger partial charge in [-0.05, 0) is 34.9 Å². The summed E-state index contributed by atoms with van der Waals surface area (Å²) in [6.07, 6.45) is -0.416. The number of hydrogen-bond acceptors (Lipinski definition) is 2. The molecule has 0 atom stereocenters. The number of aromatic hydroxyl groups is 1. The minimum atomic E-state index is -1.02. The molecule has 3 N–H and O–H groups in total. The van der Waals surface area contributed by atoms with Gasteiger partial charge in [0, 0.05) is 6.54 Å². The van der Waals surface area contributed by atoms with Crippen LogP contribution >= 0.6 is 0 Å². The van der Waals surface area contributed by atoms with E-state index in [-0.39, 0.29) is 5.75 Å². The van der Waals surface area contributed by atoms with Gasteiger partial charge in [0.1, 0.15) is 5.75 Å². The molecular formula is C13H13NO3. The van der Waals surface area contributed by atoms with Gasteiger partial charge in [0.05, 0.1) is 0 Å². The monoisotopic (exact) mass is 231 g/mol. The molecule has 0 saturated heterocycles. The van der Waals surface area contributed by atoms with Crippen molar-refractivity contribution in [2.24, 2.45) is 0 Å². The van der Waals surface area contributed by atoms with Gasteiger partial charge in [0.2, 0.25) is 0 Å². The second-order valence-corrected chi connectivity index (χ2v) is 3.80. The van der Waals surface area contributed by atoms with Gasteiger partial charge >= 0.3 is 6.09 Å². The summed E-state index contributed by atoms with van der Waals surface area (Å²) in [7, 11) is 0. The Hall–Kier alpha value is -2.23. The molecule has 0 bridgehead atoms. The van der Waals surface area contributed by atoms with Crippen LogP contribution in [0.25, 0.3) is 10.8 Å². The number of phenols is 1. The lowest BCUT2D eigenvalue weighted by atomic mass is 10.0. The number of hydrogen-bond donors (Lipinski definition) is 3. The summed E-state index contributed by atoms with van der Waals surface area (Å²) in [6.45, 7) is 0.365. The van der Waals surface area contributed by atoms with Crippen LogP contribution in [0.3, 0.4) is 0 Å². The van der Waals surface area contributed by atoms with Crippen molar-refractivity contribution in [3.63, 3.8) is 0 Å². The van der Waals surface area contributed by atoms with Gasteiger partial charge in [-0.3, -0.25) is 0 Å². The fourth-order valence-electron chi connectivity index (χ4n) is 1.85. The lowest BCUT2D eigenvalue weighted by molar-refractivity contribution is 0.194. The van der Waals surface area contributed by atoms with Crippen molar-refractivity contribution in [2.75, 3.05) is 6.54 Å². The second-order valence-electron chi connectivity index (χ2n) is 3.80. The fraction of sp³-hybridized carbons (Fsp3) is 0.154. The maximum absolute atomic E-state index is 10.4. The predicted octanol–water partition coefficient (Wildman–Crippen LogP) is 2.36. The Morgan fingerprint density at radius 3 is 2.82 bits per heavy atom. The van der Waals surface area contributed by atoms with E-state index in [1.165, 1.54) is 0 Å². The lowest BCUT2D eigenvalue weighted by Gasteiger charge is -2.07.